The predicted molar refractivity (Wildman–Crippen MR) is 108 cm³/mol. The first kappa shape index (κ1) is 18.0. The maximum atomic E-state index is 13.1. The molecule has 1 amide bonds. The highest BCUT2D eigenvalue weighted by atomic mass is 16.5. The summed E-state index contributed by atoms with van der Waals surface area (Å²) in [5.41, 5.74) is 3.45. The van der Waals surface area contributed by atoms with Gasteiger partial charge in [-0.3, -0.25) is 4.79 Å². The van der Waals surface area contributed by atoms with E-state index in [4.69, 9.17) is 4.74 Å². The van der Waals surface area contributed by atoms with Crippen LogP contribution < -0.4 is 15.1 Å². The first-order valence-electron chi connectivity index (χ1n) is 9.80. The lowest BCUT2D eigenvalue weighted by Crippen LogP contribution is -2.45. The van der Waals surface area contributed by atoms with Crippen molar-refractivity contribution in [1.82, 2.24) is 5.32 Å². The van der Waals surface area contributed by atoms with Crippen molar-refractivity contribution in [3.05, 3.63) is 60.2 Å². The summed E-state index contributed by atoms with van der Waals surface area (Å²) in [6.45, 7) is 4.72. The summed E-state index contributed by atoms with van der Waals surface area (Å²) in [5.74, 6) is 0.173. The lowest BCUT2D eigenvalue weighted by Gasteiger charge is -2.29. The Kier molecular flexibility index (Phi) is 5.70. The van der Waals surface area contributed by atoms with E-state index in [1.54, 1.807) is 0 Å². The van der Waals surface area contributed by atoms with Crippen molar-refractivity contribution in [1.29, 1.82) is 0 Å². The topological polar surface area (TPSA) is 44.8 Å². The fourth-order valence-electron chi connectivity index (χ4n) is 3.92. The maximum absolute atomic E-state index is 13.1. The number of amides is 1. The highest BCUT2D eigenvalue weighted by Crippen LogP contribution is 2.33. The van der Waals surface area contributed by atoms with E-state index in [-0.39, 0.29) is 11.9 Å². The predicted octanol–water partition coefficient (Wildman–Crippen LogP) is 2.81. The smallest absolute Gasteiger partial charge is 0.228 e. The molecule has 27 heavy (non-hydrogen) atoms. The van der Waals surface area contributed by atoms with E-state index in [9.17, 15) is 4.79 Å². The largest absolute Gasteiger partial charge is 0.378 e. The number of para-hydroxylation sites is 2. The van der Waals surface area contributed by atoms with E-state index < -0.39 is 0 Å². The summed E-state index contributed by atoms with van der Waals surface area (Å²) in [5, 5.41) is 3.39. The van der Waals surface area contributed by atoms with Gasteiger partial charge in [-0.25, -0.2) is 0 Å². The summed E-state index contributed by atoms with van der Waals surface area (Å²) >= 11 is 0. The fraction of sp³-hybridized carbons (Fsp3) is 0.409. The fourth-order valence-corrected chi connectivity index (χ4v) is 3.92. The molecule has 1 fully saturated rings. The molecule has 5 heteroatoms. The number of ether oxygens (including phenoxy) is 1. The van der Waals surface area contributed by atoms with E-state index >= 15 is 0 Å². The Morgan fingerprint density at radius 1 is 1.04 bits per heavy atom. The van der Waals surface area contributed by atoms with Gasteiger partial charge < -0.3 is 19.9 Å². The lowest BCUT2D eigenvalue weighted by molar-refractivity contribution is -0.119. The van der Waals surface area contributed by atoms with Crippen LogP contribution in [-0.2, 0) is 16.1 Å². The van der Waals surface area contributed by atoms with Gasteiger partial charge in [0, 0.05) is 38.6 Å². The molecule has 2 aliphatic rings. The Bertz CT molecular complexity index is 759. The highest BCUT2D eigenvalue weighted by Gasteiger charge is 2.27. The number of nitrogens with zero attached hydrogens (tertiary/aromatic N) is 2. The van der Waals surface area contributed by atoms with Gasteiger partial charge >= 0.3 is 0 Å². The zero-order valence-corrected chi connectivity index (χ0v) is 15.6. The maximum Gasteiger partial charge on any atom is 0.228 e. The highest BCUT2D eigenvalue weighted by molar-refractivity contribution is 5.97. The van der Waals surface area contributed by atoms with Gasteiger partial charge in [-0.2, -0.15) is 0 Å². The molecule has 4 rings (SSSR count). The van der Waals surface area contributed by atoms with Crippen LogP contribution in [0, 0.1) is 0 Å². The molecule has 1 atom stereocenters. The van der Waals surface area contributed by atoms with Crippen molar-refractivity contribution in [3.63, 3.8) is 0 Å². The monoisotopic (exact) mass is 365 g/mol. The number of anilines is 2. The van der Waals surface area contributed by atoms with Crippen LogP contribution in [0.4, 0.5) is 11.4 Å². The molecule has 0 saturated carbocycles. The van der Waals surface area contributed by atoms with E-state index in [2.05, 4.69) is 52.7 Å². The third-order valence-corrected chi connectivity index (χ3v) is 5.26. The van der Waals surface area contributed by atoms with Gasteiger partial charge in [-0.1, -0.05) is 42.5 Å². The number of fused-ring (bicyclic) bond motifs is 1. The summed E-state index contributed by atoms with van der Waals surface area (Å²) < 4.78 is 5.51. The molecule has 2 aromatic rings. The van der Waals surface area contributed by atoms with Crippen molar-refractivity contribution in [2.75, 3.05) is 42.6 Å². The SMILES string of the molecule is O=C(CC1COCCN1)N1CCCN(Cc2ccccc2)c2ccccc21. The molecule has 0 aliphatic carbocycles. The van der Waals surface area contributed by atoms with E-state index in [0.29, 0.717) is 13.0 Å². The average Bonchev–Trinajstić information content (AvgIpc) is 2.89. The zero-order chi connectivity index (χ0) is 18.5. The minimum Gasteiger partial charge on any atom is -0.378 e. The number of hydrogen-bond acceptors (Lipinski definition) is 4. The minimum absolute atomic E-state index is 0.113. The molecule has 0 radical (unpaired) electrons. The van der Waals surface area contributed by atoms with Crippen molar-refractivity contribution < 1.29 is 9.53 Å². The summed E-state index contributed by atoms with van der Waals surface area (Å²) in [6.07, 6.45) is 1.44. The van der Waals surface area contributed by atoms with Crippen molar-refractivity contribution >= 4 is 17.3 Å². The number of rotatable bonds is 4. The van der Waals surface area contributed by atoms with E-state index in [0.717, 1.165) is 50.6 Å². The van der Waals surface area contributed by atoms with Crippen LogP contribution in [-0.4, -0.2) is 44.8 Å². The Morgan fingerprint density at radius 2 is 1.81 bits per heavy atom. The molecular weight excluding hydrogens is 338 g/mol. The second kappa shape index (κ2) is 8.55. The van der Waals surface area contributed by atoms with Crippen LogP contribution in [0.1, 0.15) is 18.4 Å². The van der Waals surface area contributed by atoms with Gasteiger partial charge in [0.15, 0.2) is 0 Å². The van der Waals surface area contributed by atoms with Crippen LogP contribution in [0.3, 0.4) is 0 Å². The number of nitrogens with one attached hydrogen (secondary N) is 1. The van der Waals surface area contributed by atoms with Crippen molar-refractivity contribution in [2.24, 2.45) is 0 Å². The number of hydrogen-bond donors (Lipinski definition) is 1. The number of carbonyl (C=O) groups excluding carboxylic acids is 1. The summed E-state index contributed by atoms with van der Waals surface area (Å²) in [7, 11) is 0. The van der Waals surface area contributed by atoms with E-state index in [1.807, 2.05) is 17.0 Å². The second-order valence-electron chi connectivity index (χ2n) is 7.22. The normalized spacial score (nSPS) is 20.1. The Labute approximate surface area is 160 Å². The van der Waals surface area contributed by atoms with Crippen molar-refractivity contribution in [3.8, 4) is 0 Å². The van der Waals surface area contributed by atoms with Crippen LogP contribution >= 0.6 is 0 Å². The Hall–Kier alpha value is -2.37. The third kappa shape index (κ3) is 4.31. The lowest BCUT2D eigenvalue weighted by atomic mass is 10.1. The Balaban J connectivity index is 1.54. The molecule has 0 aromatic heterocycles. The molecule has 1 saturated heterocycles. The Morgan fingerprint density at radius 3 is 2.59 bits per heavy atom. The first-order valence-corrected chi connectivity index (χ1v) is 9.80. The van der Waals surface area contributed by atoms with Gasteiger partial charge in [0.05, 0.1) is 24.6 Å². The van der Waals surface area contributed by atoms with Gasteiger partial charge in [0.2, 0.25) is 5.91 Å². The summed E-state index contributed by atoms with van der Waals surface area (Å²) in [4.78, 5) is 17.4. The first-order chi connectivity index (χ1) is 13.3. The molecule has 142 valence electrons. The molecule has 2 heterocycles. The minimum atomic E-state index is 0.113. The molecule has 1 N–H and O–H groups in total. The molecule has 0 bridgehead atoms. The quantitative estimate of drug-likeness (QED) is 0.905. The molecule has 2 aliphatic heterocycles. The van der Waals surface area contributed by atoms with Crippen LogP contribution in [0.25, 0.3) is 0 Å². The van der Waals surface area contributed by atoms with E-state index in [1.165, 1.54) is 5.56 Å². The van der Waals surface area contributed by atoms with Crippen LogP contribution in [0.5, 0.6) is 0 Å². The number of benzene rings is 2. The van der Waals surface area contributed by atoms with Gasteiger partial charge in [0.1, 0.15) is 0 Å². The summed E-state index contributed by atoms with van der Waals surface area (Å²) in [6, 6.07) is 18.9. The van der Waals surface area contributed by atoms with Crippen molar-refractivity contribution in [2.45, 2.75) is 25.4 Å². The molecule has 5 nitrogen and oxygen atoms in total. The molecule has 2 aromatic carbocycles. The van der Waals surface area contributed by atoms with Crippen LogP contribution in [0.2, 0.25) is 0 Å². The number of morpholine rings is 1. The van der Waals surface area contributed by atoms with Crippen LogP contribution in [0.15, 0.2) is 54.6 Å². The number of carbonyl (C=O) groups is 1. The molecular formula is C22H27N3O2. The van der Waals surface area contributed by atoms with Gasteiger partial charge in [0.25, 0.3) is 0 Å². The van der Waals surface area contributed by atoms with Gasteiger partial charge in [-0.05, 0) is 24.1 Å². The second-order valence-corrected chi connectivity index (χ2v) is 7.22. The average molecular weight is 365 g/mol. The zero-order valence-electron chi connectivity index (χ0n) is 15.6. The molecule has 1 unspecified atom stereocenters. The van der Waals surface area contributed by atoms with Gasteiger partial charge in [-0.15, -0.1) is 0 Å². The third-order valence-electron chi connectivity index (χ3n) is 5.26. The standard InChI is InChI=1S/C22H27N3O2/c26-22(15-19-17-27-14-11-23-19)25-13-6-12-24(16-18-7-2-1-3-8-18)20-9-4-5-10-21(20)25/h1-5,7-10,19,23H,6,11-17H2. The molecule has 0 spiro atoms.